The molecular weight excluding hydrogens is 443 g/mol. The molecule has 1 aliphatic rings. The van der Waals surface area contributed by atoms with Gasteiger partial charge in [-0.2, -0.15) is 0 Å². The van der Waals surface area contributed by atoms with Crippen LogP contribution in [0.25, 0.3) is 16.0 Å². The van der Waals surface area contributed by atoms with Crippen molar-refractivity contribution in [2.24, 2.45) is 0 Å². The average molecular weight is 460 g/mol. The number of hydrogen-bond acceptors (Lipinski definition) is 6. The van der Waals surface area contributed by atoms with E-state index in [1.807, 2.05) is 0 Å². The number of aromatic nitrogens is 1. The molecule has 164 valence electrons. The van der Waals surface area contributed by atoms with E-state index < -0.39 is 23.5 Å². The Kier molecular flexibility index (Phi) is 5.14. The molecule has 4 aromatic rings. The van der Waals surface area contributed by atoms with Crippen LogP contribution < -0.4 is 9.64 Å². The topological polar surface area (TPSA) is 79.7 Å². The molecule has 0 bridgehead atoms. The largest absolute Gasteiger partial charge is 0.507 e. The predicted octanol–water partition coefficient (Wildman–Crippen LogP) is 5.07. The Morgan fingerprint density at radius 1 is 1.06 bits per heavy atom. The fourth-order valence-corrected chi connectivity index (χ4v) is 4.89. The Labute approximate surface area is 192 Å². The molecule has 3 aromatic carbocycles. The van der Waals surface area contributed by atoms with Crippen molar-refractivity contribution in [1.82, 2.24) is 4.98 Å². The summed E-state index contributed by atoms with van der Waals surface area (Å²) >= 11 is 1.22. The van der Waals surface area contributed by atoms with Crippen LogP contribution in [0.1, 0.15) is 17.2 Å². The van der Waals surface area contributed by atoms with Crippen molar-refractivity contribution in [1.29, 1.82) is 0 Å². The molecule has 1 amide bonds. The van der Waals surface area contributed by atoms with Gasteiger partial charge in [-0.15, -0.1) is 0 Å². The summed E-state index contributed by atoms with van der Waals surface area (Å²) < 4.78 is 19.7. The van der Waals surface area contributed by atoms with Crippen LogP contribution >= 0.6 is 11.3 Å². The highest BCUT2D eigenvalue weighted by Crippen LogP contribution is 2.44. The second-order valence-corrected chi connectivity index (χ2v) is 8.43. The number of halogens is 1. The molecule has 0 aliphatic carbocycles. The maximum absolute atomic E-state index is 13.6. The number of anilines is 1. The van der Waals surface area contributed by atoms with Crippen molar-refractivity contribution in [2.75, 3.05) is 12.0 Å². The lowest BCUT2D eigenvalue weighted by Crippen LogP contribution is -2.29. The number of carbonyl (C=O) groups excluding carboxylic acids is 2. The van der Waals surface area contributed by atoms with Gasteiger partial charge in [0.1, 0.15) is 17.3 Å². The number of methoxy groups -OCH3 is 1. The zero-order valence-corrected chi connectivity index (χ0v) is 18.2. The van der Waals surface area contributed by atoms with E-state index in [9.17, 15) is 19.1 Å². The fourth-order valence-electron chi connectivity index (χ4n) is 3.86. The lowest BCUT2D eigenvalue weighted by Gasteiger charge is -2.22. The third-order valence-corrected chi connectivity index (χ3v) is 6.49. The number of Topliss-reactive ketones (excluding diaryl/α,β-unsaturated/α-hetero) is 1. The van der Waals surface area contributed by atoms with E-state index in [-0.39, 0.29) is 11.3 Å². The molecule has 0 radical (unpaired) electrons. The highest BCUT2D eigenvalue weighted by atomic mass is 32.1. The minimum absolute atomic E-state index is 0.0744. The van der Waals surface area contributed by atoms with E-state index in [0.717, 1.165) is 4.70 Å². The molecular formula is C25H17FN2O4S. The summed E-state index contributed by atoms with van der Waals surface area (Å²) in [4.78, 5) is 32.2. The van der Waals surface area contributed by atoms with Crippen LogP contribution in [-0.4, -0.2) is 28.9 Å². The smallest absolute Gasteiger partial charge is 0.301 e. The van der Waals surface area contributed by atoms with E-state index >= 15 is 0 Å². The van der Waals surface area contributed by atoms with Gasteiger partial charge in [-0.3, -0.25) is 14.5 Å². The summed E-state index contributed by atoms with van der Waals surface area (Å²) in [5.74, 6) is -1.76. The first kappa shape index (κ1) is 20.8. The Morgan fingerprint density at radius 3 is 2.48 bits per heavy atom. The number of ether oxygens (including phenoxy) is 1. The van der Waals surface area contributed by atoms with Gasteiger partial charge < -0.3 is 9.84 Å². The number of amides is 1. The third kappa shape index (κ3) is 3.54. The van der Waals surface area contributed by atoms with E-state index in [4.69, 9.17) is 4.74 Å². The number of benzene rings is 3. The molecule has 0 spiro atoms. The monoisotopic (exact) mass is 460 g/mol. The first-order chi connectivity index (χ1) is 16.0. The number of rotatable bonds is 4. The van der Waals surface area contributed by atoms with Crippen molar-refractivity contribution in [3.63, 3.8) is 0 Å². The molecule has 1 aromatic heterocycles. The Morgan fingerprint density at radius 2 is 1.79 bits per heavy atom. The average Bonchev–Trinajstić information content (AvgIpc) is 3.37. The van der Waals surface area contributed by atoms with Gasteiger partial charge in [0.25, 0.3) is 5.78 Å². The van der Waals surface area contributed by atoms with Crippen molar-refractivity contribution >= 4 is 44.1 Å². The van der Waals surface area contributed by atoms with Crippen molar-refractivity contribution < 1.29 is 23.8 Å². The number of aliphatic hydroxyl groups is 1. The van der Waals surface area contributed by atoms with Crippen LogP contribution in [0.15, 0.2) is 78.4 Å². The molecule has 5 rings (SSSR count). The van der Waals surface area contributed by atoms with Crippen LogP contribution in [0.5, 0.6) is 5.75 Å². The second-order valence-electron chi connectivity index (χ2n) is 7.42. The molecule has 8 heteroatoms. The molecule has 1 atom stereocenters. The number of thiazole rings is 1. The van der Waals surface area contributed by atoms with Crippen LogP contribution in [0.3, 0.4) is 0 Å². The number of hydrogen-bond donors (Lipinski definition) is 1. The van der Waals surface area contributed by atoms with Gasteiger partial charge in [0.2, 0.25) is 0 Å². The second kappa shape index (κ2) is 8.14. The standard InChI is InChI=1S/C25H17FN2O4S/c1-32-17-11-12-18-19(13-17)33-25(27-18)28-21(14-7-9-16(26)10-8-14)20(23(30)24(28)31)22(29)15-5-3-2-4-6-15/h2-13,21,29H,1H3/b22-20+/t21-/m0/s1. The van der Waals surface area contributed by atoms with Gasteiger partial charge in [-0.05, 0) is 35.9 Å². The molecule has 1 N–H and O–H groups in total. The zero-order chi connectivity index (χ0) is 23.1. The SMILES string of the molecule is COc1ccc2nc(N3C(=O)C(=O)/C(=C(/O)c4ccccc4)[C@@H]3c3ccc(F)cc3)sc2c1. The van der Waals surface area contributed by atoms with E-state index in [0.29, 0.717) is 27.5 Å². The first-order valence-electron chi connectivity index (χ1n) is 10.0. The summed E-state index contributed by atoms with van der Waals surface area (Å²) in [6.07, 6.45) is 0. The fraction of sp³-hybridized carbons (Fsp3) is 0.0800. The molecule has 0 unspecified atom stereocenters. The summed E-state index contributed by atoms with van der Waals surface area (Å²) in [7, 11) is 1.56. The van der Waals surface area contributed by atoms with E-state index in [1.54, 1.807) is 55.6 Å². The molecule has 1 fully saturated rings. The summed E-state index contributed by atoms with van der Waals surface area (Å²) in [5, 5.41) is 11.3. The maximum Gasteiger partial charge on any atom is 0.301 e. The minimum Gasteiger partial charge on any atom is -0.507 e. The first-order valence-corrected chi connectivity index (χ1v) is 10.9. The molecule has 33 heavy (non-hydrogen) atoms. The quantitative estimate of drug-likeness (QED) is 0.261. The highest BCUT2D eigenvalue weighted by Gasteiger charge is 2.48. The lowest BCUT2D eigenvalue weighted by molar-refractivity contribution is -0.132. The summed E-state index contributed by atoms with van der Waals surface area (Å²) in [5.41, 5.74) is 1.44. The summed E-state index contributed by atoms with van der Waals surface area (Å²) in [6.45, 7) is 0. The van der Waals surface area contributed by atoms with Crippen LogP contribution in [-0.2, 0) is 9.59 Å². The van der Waals surface area contributed by atoms with E-state index in [1.165, 1.54) is 40.5 Å². The lowest BCUT2D eigenvalue weighted by atomic mass is 9.95. The normalized spacial score (nSPS) is 17.6. The number of ketones is 1. The number of fused-ring (bicyclic) bond motifs is 1. The van der Waals surface area contributed by atoms with E-state index in [2.05, 4.69) is 4.98 Å². The van der Waals surface area contributed by atoms with Crippen molar-refractivity contribution in [3.05, 3.63) is 95.3 Å². The Bertz CT molecular complexity index is 1410. The number of carbonyl (C=O) groups is 2. The van der Waals surface area contributed by atoms with Crippen molar-refractivity contribution in [3.8, 4) is 5.75 Å². The van der Waals surface area contributed by atoms with Crippen LogP contribution in [0, 0.1) is 5.82 Å². The van der Waals surface area contributed by atoms with Crippen LogP contribution in [0.2, 0.25) is 0 Å². The van der Waals surface area contributed by atoms with Gasteiger partial charge >= 0.3 is 5.91 Å². The molecule has 0 saturated carbocycles. The maximum atomic E-state index is 13.6. The Balaban J connectivity index is 1.72. The molecule has 1 aliphatic heterocycles. The molecule has 6 nitrogen and oxygen atoms in total. The predicted molar refractivity (Wildman–Crippen MR) is 124 cm³/mol. The third-order valence-electron chi connectivity index (χ3n) is 5.47. The van der Waals surface area contributed by atoms with Gasteiger partial charge in [0.15, 0.2) is 5.13 Å². The Hall–Kier alpha value is -4.04. The van der Waals surface area contributed by atoms with Gasteiger partial charge in [0.05, 0.1) is 28.9 Å². The molecule has 2 heterocycles. The van der Waals surface area contributed by atoms with Gasteiger partial charge in [-0.25, -0.2) is 9.37 Å². The number of aliphatic hydroxyl groups excluding tert-OH is 1. The highest BCUT2D eigenvalue weighted by molar-refractivity contribution is 7.22. The minimum atomic E-state index is -0.965. The van der Waals surface area contributed by atoms with Gasteiger partial charge in [-0.1, -0.05) is 53.8 Å². The van der Waals surface area contributed by atoms with Crippen molar-refractivity contribution in [2.45, 2.75) is 6.04 Å². The van der Waals surface area contributed by atoms with Crippen LogP contribution in [0.4, 0.5) is 9.52 Å². The zero-order valence-electron chi connectivity index (χ0n) is 17.4. The summed E-state index contributed by atoms with van der Waals surface area (Å²) in [6, 6.07) is 18.4. The number of nitrogens with zero attached hydrogens (tertiary/aromatic N) is 2. The van der Waals surface area contributed by atoms with Gasteiger partial charge in [0, 0.05) is 5.56 Å². The molecule has 1 saturated heterocycles.